The third-order valence-electron chi connectivity index (χ3n) is 5.77. The van der Waals surface area contributed by atoms with Gasteiger partial charge in [-0.2, -0.15) is 0 Å². The third-order valence-corrected chi connectivity index (χ3v) is 6.02. The van der Waals surface area contributed by atoms with Crippen LogP contribution in [0.3, 0.4) is 0 Å². The van der Waals surface area contributed by atoms with Crippen LogP contribution in [0.1, 0.15) is 50.2 Å². The van der Waals surface area contributed by atoms with Crippen molar-refractivity contribution in [2.24, 2.45) is 0 Å². The van der Waals surface area contributed by atoms with Gasteiger partial charge in [-0.25, -0.2) is 0 Å². The van der Waals surface area contributed by atoms with Crippen molar-refractivity contribution in [3.8, 4) is 5.75 Å². The molecule has 31 heavy (non-hydrogen) atoms. The Bertz CT molecular complexity index is 861. The fourth-order valence-corrected chi connectivity index (χ4v) is 3.93. The number of carbonyl (C=O) groups excluding carboxylic acids is 2. The molecular weight excluding hydrogens is 412 g/mol. The van der Waals surface area contributed by atoms with Crippen LogP contribution in [-0.2, 0) is 16.1 Å². The average molecular weight is 443 g/mol. The largest absolute Gasteiger partial charge is 0.484 e. The molecular formula is C25H31ClN2O3. The van der Waals surface area contributed by atoms with E-state index in [1.165, 1.54) is 6.42 Å². The minimum absolute atomic E-state index is 0.121. The third kappa shape index (κ3) is 7.00. The summed E-state index contributed by atoms with van der Waals surface area (Å²) in [5, 5.41) is 3.77. The summed E-state index contributed by atoms with van der Waals surface area (Å²) in [5.74, 6) is 0.274. The number of rotatable bonds is 8. The highest BCUT2D eigenvalue weighted by atomic mass is 35.5. The van der Waals surface area contributed by atoms with Crippen molar-refractivity contribution in [2.45, 2.75) is 64.6 Å². The number of amides is 2. The van der Waals surface area contributed by atoms with Crippen LogP contribution in [0.5, 0.6) is 5.75 Å². The van der Waals surface area contributed by atoms with Crippen molar-refractivity contribution in [3.05, 3.63) is 64.7 Å². The lowest BCUT2D eigenvalue weighted by atomic mass is 9.95. The van der Waals surface area contributed by atoms with E-state index in [4.69, 9.17) is 16.3 Å². The number of carbonyl (C=O) groups is 2. The van der Waals surface area contributed by atoms with E-state index in [2.05, 4.69) is 5.32 Å². The van der Waals surface area contributed by atoms with Crippen LogP contribution in [0.4, 0.5) is 0 Å². The molecule has 0 bridgehead atoms. The maximum atomic E-state index is 13.1. The van der Waals surface area contributed by atoms with Gasteiger partial charge in [0, 0.05) is 17.6 Å². The zero-order valence-electron chi connectivity index (χ0n) is 18.3. The lowest BCUT2D eigenvalue weighted by Gasteiger charge is -2.31. The zero-order chi connectivity index (χ0) is 22.2. The van der Waals surface area contributed by atoms with Gasteiger partial charge < -0.3 is 15.0 Å². The molecule has 3 rings (SSSR count). The summed E-state index contributed by atoms with van der Waals surface area (Å²) in [5.41, 5.74) is 2.03. The Balaban J connectivity index is 1.69. The predicted molar refractivity (Wildman–Crippen MR) is 123 cm³/mol. The van der Waals surface area contributed by atoms with Crippen molar-refractivity contribution in [1.29, 1.82) is 0 Å². The van der Waals surface area contributed by atoms with Crippen LogP contribution in [0.2, 0.25) is 5.02 Å². The number of ether oxygens (including phenoxy) is 1. The fourth-order valence-electron chi connectivity index (χ4n) is 3.80. The quantitative estimate of drug-likeness (QED) is 0.633. The van der Waals surface area contributed by atoms with Crippen LogP contribution < -0.4 is 10.1 Å². The van der Waals surface area contributed by atoms with Gasteiger partial charge in [-0.3, -0.25) is 9.59 Å². The van der Waals surface area contributed by atoms with Crippen molar-refractivity contribution < 1.29 is 14.3 Å². The van der Waals surface area contributed by atoms with E-state index in [1.54, 1.807) is 24.0 Å². The Labute approximate surface area is 189 Å². The molecule has 0 unspecified atom stereocenters. The summed E-state index contributed by atoms with van der Waals surface area (Å²) >= 11 is 6.00. The van der Waals surface area contributed by atoms with Crippen LogP contribution in [-0.4, -0.2) is 35.4 Å². The van der Waals surface area contributed by atoms with Gasteiger partial charge in [0.05, 0.1) is 0 Å². The van der Waals surface area contributed by atoms with Crippen molar-refractivity contribution >= 4 is 23.4 Å². The summed E-state index contributed by atoms with van der Waals surface area (Å²) in [6.07, 6.45) is 5.49. The normalized spacial score (nSPS) is 15.2. The van der Waals surface area contributed by atoms with Gasteiger partial charge >= 0.3 is 0 Å². The second kappa shape index (κ2) is 11.2. The van der Waals surface area contributed by atoms with E-state index in [9.17, 15) is 9.59 Å². The molecule has 0 heterocycles. The van der Waals surface area contributed by atoms with E-state index < -0.39 is 6.04 Å². The molecule has 1 aliphatic rings. The van der Waals surface area contributed by atoms with Gasteiger partial charge in [0.25, 0.3) is 5.91 Å². The first-order chi connectivity index (χ1) is 14.9. The number of aryl methyl sites for hydroxylation is 1. The Hall–Kier alpha value is -2.53. The van der Waals surface area contributed by atoms with E-state index in [0.717, 1.165) is 36.8 Å². The van der Waals surface area contributed by atoms with Crippen LogP contribution in [0.25, 0.3) is 0 Å². The van der Waals surface area contributed by atoms with Crippen LogP contribution in [0, 0.1) is 6.92 Å². The molecule has 1 atom stereocenters. The molecule has 2 aromatic rings. The highest BCUT2D eigenvalue weighted by Gasteiger charge is 2.28. The number of halogens is 1. The van der Waals surface area contributed by atoms with Crippen molar-refractivity contribution in [3.63, 3.8) is 0 Å². The SMILES string of the molecule is Cc1ccc(OCC(=O)N(Cc2ccc(Cl)cc2)[C@H](C)C(=O)NC2CCCCC2)cc1. The second-order valence-corrected chi connectivity index (χ2v) is 8.71. The van der Waals surface area contributed by atoms with E-state index in [-0.39, 0.29) is 24.5 Å². The highest BCUT2D eigenvalue weighted by Crippen LogP contribution is 2.19. The van der Waals surface area contributed by atoms with Crippen molar-refractivity contribution in [2.75, 3.05) is 6.61 Å². The molecule has 0 aromatic heterocycles. The van der Waals surface area contributed by atoms with Gasteiger partial charge in [0.2, 0.25) is 5.91 Å². The lowest BCUT2D eigenvalue weighted by Crippen LogP contribution is -2.51. The van der Waals surface area contributed by atoms with E-state index >= 15 is 0 Å². The van der Waals surface area contributed by atoms with Crippen LogP contribution >= 0.6 is 11.6 Å². The average Bonchev–Trinajstić information content (AvgIpc) is 2.78. The minimum Gasteiger partial charge on any atom is -0.484 e. The summed E-state index contributed by atoms with van der Waals surface area (Å²) in [6, 6.07) is 14.5. The fraction of sp³-hybridized carbons (Fsp3) is 0.440. The molecule has 0 spiro atoms. The zero-order valence-corrected chi connectivity index (χ0v) is 19.0. The van der Waals surface area contributed by atoms with E-state index in [0.29, 0.717) is 17.3 Å². The summed E-state index contributed by atoms with van der Waals surface area (Å²) < 4.78 is 5.70. The van der Waals surface area contributed by atoms with Gasteiger partial charge in [-0.15, -0.1) is 0 Å². The smallest absolute Gasteiger partial charge is 0.261 e. The Morgan fingerprint density at radius 2 is 1.71 bits per heavy atom. The molecule has 2 aromatic carbocycles. The van der Waals surface area contributed by atoms with Gasteiger partial charge in [0.1, 0.15) is 11.8 Å². The molecule has 1 saturated carbocycles. The topological polar surface area (TPSA) is 58.6 Å². The first-order valence-electron chi connectivity index (χ1n) is 11.0. The Morgan fingerprint density at radius 3 is 2.35 bits per heavy atom. The number of hydrogen-bond donors (Lipinski definition) is 1. The predicted octanol–water partition coefficient (Wildman–Crippen LogP) is 4.89. The van der Waals surface area contributed by atoms with Gasteiger partial charge in [0.15, 0.2) is 6.61 Å². The summed E-state index contributed by atoms with van der Waals surface area (Å²) in [6.45, 7) is 3.96. The monoisotopic (exact) mass is 442 g/mol. The summed E-state index contributed by atoms with van der Waals surface area (Å²) in [4.78, 5) is 27.6. The molecule has 0 aliphatic heterocycles. The first-order valence-corrected chi connectivity index (χ1v) is 11.3. The maximum Gasteiger partial charge on any atom is 0.261 e. The van der Waals surface area contributed by atoms with Crippen molar-refractivity contribution in [1.82, 2.24) is 10.2 Å². The first kappa shape index (κ1) is 23.1. The molecule has 0 saturated heterocycles. The standard InChI is InChI=1S/C25H31ClN2O3/c1-18-8-14-23(15-9-18)31-17-24(29)28(16-20-10-12-21(26)13-11-20)19(2)25(30)27-22-6-4-3-5-7-22/h8-15,19,22H,3-7,16-17H2,1-2H3,(H,27,30)/t19-/m1/s1. The molecule has 5 nitrogen and oxygen atoms in total. The minimum atomic E-state index is -0.605. The molecule has 1 N–H and O–H groups in total. The molecule has 1 fully saturated rings. The number of nitrogens with zero attached hydrogens (tertiary/aromatic N) is 1. The molecule has 1 aliphatic carbocycles. The number of nitrogens with one attached hydrogen (secondary N) is 1. The Morgan fingerprint density at radius 1 is 1.06 bits per heavy atom. The molecule has 166 valence electrons. The highest BCUT2D eigenvalue weighted by molar-refractivity contribution is 6.30. The Kier molecular flexibility index (Phi) is 8.35. The molecule has 6 heteroatoms. The number of benzene rings is 2. The van der Waals surface area contributed by atoms with Gasteiger partial charge in [-0.1, -0.05) is 60.7 Å². The van der Waals surface area contributed by atoms with Crippen LogP contribution in [0.15, 0.2) is 48.5 Å². The lowest BCUT2D eigenvalue weighted by molar-refractivity contribution is -0.142. The molecule has 2 amide bonds. The van der Waals surface area contributed by atoms with E-state index in [1.807, 2.05) is 43.3 Å². The van der Waals surface area contributed by atoms with Gasteiger partial charge in [-0.05, 0) is 56.5 Å². The summed E-state index contributed by atoms with van der Waals surface area (Å²) in [7, 11) is 0. The second-order valence-electron chi connectivity index (χ2n) is 8.27. The number of hydrogen-bond acceptors (Lipinski definition) is 3. The molecule has 0 radical (unpaired) electrons. The maximum absolute atomic E-state index is 13.1.